The third-order valence-corrected chi connectivity index (χ3v) is 6.92. The molecule has 0 saturated heterocycles. The van der Waals surface area contributed by atoms with Crippen molar-refractivity contribution in [1.29, 1.82) is 0 Å². The number of carbonyl (C=O) groups is 1. The number of aliphatic carboxylic acids is 1. The molecule has 5 heteroatoms. The van der Waals surface area contributed by atoms with E-state index in [1.807, 2.05) is 24.3 Å². The first kappa shape index (κ1) is 25.7. The lowest BCUT2D eigenvalue weighted by molar-refractivity contribution is -0.137. The predicted molar refractivity (Wildman–Crippen MR) is 140 cm³/mol. The van der Waals surface area contributed by atoms with Crippen LogP contribution in [0.3, 0.4) is 0 Å². The summed E-state index contributed by atoms with van der Waals surface area (Å²) >= 11 is 0. The van der Waals surface area contributed by atoms with Crippen molar-refractivity contribution in [3.05, 3.63) is 82.7 Å². The van der Waals surface area contributed by atoms with E-state index in [1.54, 1.807) is 19.2 Å². The van der Waals surface area contributed by atoms with Crippen molar-refractivity contribution in [3.63, 3.8) is 0 Å². The van der Waals surface area contributed by atoms with E-state index in [2.05, 4.69) is 32.9 Å². The van der Waals surface area contributed by atoms with Gasteiger partial charge in [-0.25, -0.2) is 4.39 Å². The monoisotopic (exact) mass is 490 g/mol. The lowest BCUT2D eigenvalue weighted by Gasteiger charge is -2.20. The Hall–Kier alpha value is -3.34. The van der Waals surface area contributed by atoms with Crippen LogP contribution >= 0.6 is 0 Å². The maximum atomic E-state index is 14.8. The van der Waals surface area contributed by atoms with E-state index in [1.165, 1.54) is 11.6 Å². The van der Waals surface area contributed by atoms with Gasteiger partial charge in [-0.1, -0.05) is 45.0 Å². The Kier molecular flexibility index (Phi) is 7.67. The maximum absolute atomic E-state index is 14.8. The standard InChI is InChI=1S/C31H35FO4/c1-31(2,3)14-13-23-15-20(5-11-26(23)28-17-24(35-4)10-12-29(28)32)19-36-25-9-8-21-6-7-22(16-30(33)34)27(21)18-25/h5,8-12,15,17-18,22H,6-7,13-14,16,19H2,1-4H3,(H,33,34)/t22-/m1/s1. The molecule has 0 fully saturated rings. The van der Waals surface area contributed by atoms with Gasteiger partial charge in [0.1, 0.15) is 23.9 Å². The summed E-state index contributed by atoms with van der Waals surface area (Å²) in [5.41, 5.74) is 5.94. The van der Waals surface area contributed by atoms with Gasteiger partial charge >= 0.3 is 5.97 Å². The summed E-state index contributed by atoms with van der Waals surface area (Å²) in [7, 11) is 1.58. The van der Waals surface area contributed by atoms with Crippen molar-refractivity contribution in [2.45, 2.75) is 65.4 Å². The number of ether oxygens (including phenoxy) is 2. The number of fused-ring (bicyclic) bond motifs is 1. The Bertz CT molecular complexity index is 1240. The molecule has 0 saturated carbocycles. The number of hydrogen-bond acceptors (Lipinski definition) is 3. The van der Waals surface area contributed by atoms with Crippen molar-refractivity contribution in [3.8, 4) is 22.6 Å². The summed E-state index contributed by atoms with van der Waals surface area (Å²) in [4.78, 5) is 11.2. The van der Waals surface area contributed by atoms with Crippen LogP contribution in [0.15, 0.2) is 54.6 Å². The Morgan fingerprint density at radius 2 is 1.81 bits per heavy atom. The number of benzene rings is 3. The molecular weight excluding hydrogens is 455 g/mol. The molecule has 1 atom stereocenters. The second-order valence-corrected chi connectivity index (χ2v) is 10.9. The number of carboxylic acid groups (broad SMARTS) is 1. The van der Waals surface area contributed by atoms with Gasteiger partial charge in [0.05, 0.1) is 13.5 Å². The molecule has 0 aromatic heterocycles. The van der Waals surface area contributed by atoms with E-state index >= 15 is 0 Å². The molecule has 36 heavy (non-hydrogen) atoms. The number of rotatable bonds is 9. The summed E-state index contributed by atoms with van der Waals surface area (Å²) in [6.45, 7) is 7.00. The maximum Gasteiger partial charge on any atom is 0.303 e. The molecule has 190 valence electrons. The summed E-state index contributed by atoms with van der Waals surface area (Å²) in [6.07, 6.45) is 3.71. The zero-order valence-electron chi connectivity index (χ0n) is 21.6. The first-order valence-electron chi connectivity index (χ1n) is 12.6. The van der Waals surface area contributed by atoms with E-state index in [-0.39, 0.29) is 23.6 Å². The van der Waals surface area contributed by atoms with Crippen LogP contribution in [0.25, 0.3) is 11.1 Å². The molecule has 0 heterocycles. The molecule has 0 spiro atoms. The Morgan fingerprint density at radius 3 is 2.53 bits per heavy atom. The fourth-order valence-electron chi connectivity index (χ4n) is 4.90. The molecule has 4 nitrogen and oxygen atoms in total. The number of hydrogen-bond donors (Lipinski definition) is 1. The smallest absolute Gasteiger partial charge is 0.303 e. The molecule has 1 N–H and O–H groups in total. The Balaban J connectivity index is 1.58. The third-order valence-electron chi connectivity index (χ3n) is 6.92. The highest BCUT2D eigenvalue weighted by Gasteiger charge is 2.25. The zero-order valence-corrected chi connectivity index (χ0v) is 21.6. The molecule has 0 amide bonds. The van der Waals surface area contributed by atoms with Crippen molar-refractivity contribution in [2.24, 2.45) is 5.41 Å². The largest absolute Gasteiger partial charge is 0.497 e. The minimum absolute atomic E-state index is 0.0436. The van der Waals surface area contributed by atoms with Crippen LogP contribution in [0.1, 0.15) is 68.2 Å². The van der Waals surface area contributed by atoms with Gasteiger partial charge < -0.3 is 14.6 Å². The summed E-state index contributed by atoms with van der Waals surface area (Å²) in [6, 6.07) is 16.9. The summed E-state index contributed by atoms with van der Waals surface area (Å²) in [5, 5.41) is 9.23. The van der Waals surface area contributed by atoms with Crippen molar-refractivity contribution in [1.82, 2.24) is 0 Å². The SMILES string of the molecule is COc1ccc(F)c(-c2ccc(COc3ccc4c(c3)[C@@H](CC(=O)O)CC4)cc2CCC(C)(C)C)c1. The van der Waals surface area contributed by atoms with E-state index in [0.717, 1.165) is 53.7 Å². The van der Waals surface area contributed by atoms with E-state index in [4.69, 9.17) is 9.47 Å². The molecular formula is C31H35FO4. The summed E-state index contributed by atoms with van der Waals surface area (Å²) in [5.74, 6) is 0.367. The predicted octanol–water partition coefficient (Wildman–Crippen LogP) is 7.56. The minimum atomic E-state index is -0.769. The average molecular weight is 491 g/mol. The quantitative estimate of drug-likeness (QED) is 0.336. The van der Waals surface area contributed by atoms with Gasteiger partial charge in [0.15, 0.2) is 0 Å². The number of halogens is 1. The average Bonchev–Trinajstić information content (AvgIpc) is 3.23. The van der Waals surface area contributed by atoms with Gasteiger partial charge in [-0.05, 0) is 95.2 Å². The second-order valence-electron chi connectivity index (χ2n) is 10.9. The van der Waals surface area contributed by atoms with Crippen molar-refractivity contribution < 1.29 is 23.8 Å². The normalized spacial score (nSPS) is 15.0. The lowest BCUT2D eigenvalue weighted by atomic mass is 9.86. The minimum Gasteiger partial charge on any atom is -0.497 e. The Morgan fingerprint density at radius 1 is 1.03 bits per heavy atom. The van der Waals surface area contributed by atoms with Gasteiger partial charge in [-0.2, -0.15) is 0 Å². The van der Waals surface area contributed by atoms with Gasteiger partial charge in [-0.3, -0.25) is 4.79 Å². The van der Waals surface area contributed by atoms with Gasteiger partial charge in [0, 0.05) is 5.56 Å². The van der Waals surface area contributed by atoms with Crippen molar-refractivity contribution in [2.75, 3.05) is 7.11 Å². The molecule has 1 aliphatic rings. The highest BCUT2D eigenvalue weighted by Crippen LogP contribution is 2.38. The molecule has 3 aromatic carbocycles. The number of aryl methyl sites for hydroxylation is 2. The molecule has 0 bridgehead atoms. The van der Waals surface area contributed by atoms with Gasteiger partial charge in [0.25, 0.3) is 0 Å². The first-order valence-corrected chi connectivity index (χ1v) is 12.6. The highest BCUT2D eigenvalue weighted by atomic mass is 19.1. The van der Waals surface area contributed by atoms with Crippen LogP contribution in [0.5, 0.6) is 11.5 Å². The van der Waals surface area contributed by atoms with Crippen molar-refractivity contribution >= 4 is 5.97 Å². The molecule has 0 radical (unpaired) electrons. The molecule has 3 aromatic rings. The fraction of sp³-hybridized carbons (Fsp3) is 0.387. The van der Waals surface area contributed by atoms with Crippen LogP contribution in [0.4, 0.5) is 4.39 Å². The van der Waals surface area contributed by atoms with Crippen LogP contribution < -0.4 is 9.47 Å². The second kappa shape index (κ2) is 10.7. The van der Waals surface area contributed by atoms with Crippen LogP contribution in [0, 0.1) is 11.2 Å². The zero-order chi connectivity index (χ0) is 25.9. The van der Waals surface area contributed by atoms with Crippen LogP contribution in [-0.2, 0) is 24.2 Å². The van der Waals surface area contributed by atoms with E-state index in [9.17, 15) is 14.3 Å². The lowest BCUT2D eigenvalue weighted by Crippen LogP contribution is -2.08. The molecule has 1 aliphatic carbocycles. The molecule has 0 aliphatic heterocycles. The van der Waals surface area contributed by atoms with Gasteiger partial charge in [0.2, 0.25) is 0 Å². The van der Waals surface area contributed by atoms with E-state index < -0.39 is 5.97 Å². The van der Waals surface area contributed by atoms with Gasteiger partial charge in [-0.15, -0.1) is 0 Å². The molecule has 0 unspecified atom stereocenters. The van der Waals surface area contributed by atoms with Crippen LogP contribution in [-0.4, -0.2) is 18.2 Å². The van der Waals surface area contributed by atoms with Crippen LogP contribution in [0.2, 0.25) is 0 Å². The summed E-state index contributed by atoms with van der Waals surface area (Å²) < 4.78 is 26.3. The third kappa shape index (κ3) is 6.26. The number of methoxy groups -OCH3 is 1. The topological polar surface area (TPSA) is 55.8 Å². The first-order chi connectivity index (χ1) is 17.1. The fourth-order valence-corrected chi connectivity index (χ4v) is 4.90. The number of carboxylic acids is 1. The highest BCUT2D eigenvalue weighted by molar-refractivity contribution is 5.70. The Labute approximate surface area is 213 Å². The van der Waals surface area contributed by atoms with E-state index in [0.29, 0.717) is 17.9 Å². The molecule has 4 rings (SSSR count).